The van der Waals surface area contributed by atoms with Crippen LogP contribution in [-0.2, 0) is 11.3 Å². The van der Waals surface area contributed by atoms with E-state index < -0.39 is 5.60 Å². The summed E-state index contributed by atoms with van der Waals surface area (Å²) in [5, 5.41) is 10.4. The summed E-state index contributed by atoms with van der Waals surface area (Å²) in [4.78, 5) is 11.7. The van der Waals surface area contributed by atoms with Crippen LogP contribution in [0.15, 0.2) is 19.0 Å². The Labute approximate surface area is 132 Å². The molecule has 124 valence electrons. The zero-order valence-electron chi connectivity index (χ0n) is 14.1. The van der Waals surface area contributed by atoms with Crippen molar-refractivity contribution in [2.75, 3.05) is 6.54 Å². The summed E-state index contributed by atoms with van der Waals surface area (Å²) in [6.45, 7) is 12.6. The topological polar surface area (TPSA) is 68.2 Å². The van der Waals surface area contributed by atoms with Gasteiger partial charge in [-0.25, -0.2) is 9.48 Å². The molecule has 0 radical (unpaired) electrons. The van der Waals surface area contributed by atoms with Crippen LogP contribution < -0.4 is 10.6 Å². The van der Waals surface area contributed by atoms with Crippen LogP contribution in [-0.4, -0.2) is 34.1 Å². The maximum Gasteiger partial charge on any atom is 0.407 e. The number of alkyl carbamates (subject to hydrolysis) is 1. The zero-order chi connectivity index (χ0) is 16.6. The summed E-state index contributed by atoms with van der Waals surface area (Å²) < 4.78 is 6.92. The minimum atomic E-state index is -0.475. The summed E-state index contributed by atoms with van der Waals surface area (Å²) in [6.07, 6.45) is 7.01. The van der Waals surface area contributed by atoms with Crippen molar-refractivity contribution >= 4 is 12.3 Å². The van der Waals surface area contributed by atoms with Crippen molar-refractivity contribution in [3.8, 4) is 0 Å². The van der Waals surface area contributed by atoms with Gasteiger partial charge in [0.05, 0.1) is 6.20 Å². The number of ether oxygens (including phenoxy) is 1. The first-order valence-electron chi connectivity index (χ1n) is 7.70. The van der Waals surface area contributed by atoms with Crippen molar-refractivity contribution in [3.63, 3.8) is 0 Å². The highest BCUT2D eigenvalue weighted by Gasteiger charge is 2.17. The Hall–Kier alpha value is -1.82. The van der Waals surface area contributed by atoms with Gasteiger partial charge < -0.3 is 15.4 Å². The standard InChI is InChI=1S/C16H28N4O2/c1-6-8-14(11-18-15(21)22-16(3,4)5)17-9-13-10-19-20(7-2)12-13/h7,10,12,14,17H,2,6,8-9,11H2,1,3-5H3,(H,18,21). The van der Waals surface area contributed by atoms with Gasteiger partial charge in [0.15, 0.2) is 0 Å². The van der Waals surface area contributed by atoms with Gasteiger partial charge in [0.1, 0.15) is 5.60 Å². The molecule has 0 saturated heterocycles. The van der Waals surface area contributed by atoms with E-state index in [4.69, 9.17) is 4.74 Å². The molecule has 1 aromatic heterocycles. The van der Waals surface area contributed by atoms with Crippen LogP contribution in [0.1, 0.15) is 46.1 Å². The second-order valence-electron chi connectivity index (χ2n) is 6.26. The fraction of sp³-hybridized carbons (Fsp3) is 0.625. The molecule has 0 spiro atoms. The molecule has 0 fully saturated rings. The number of hydrogen-bond donors (Lipinski definition) is 2. The summed E-state index contributed by atoms with van der Waals surface area (Å²) in [7, 11) is 0. The first-order chi connectivity index (χ1) is 10.3. The maximum atomic E-state index is 11.7. The van der Waals surface area contributed by atoms with Crippen molar-refractivity contribution < 1.29 is 9.53 Å². The van der Waals surface area contributed by atoms with Crippen LogP contribution in [0.4, 0.5) is 4.79 Å². The molecule has 6 heteroatoms. The van der Waals surface area contributed by atoms with Gasteiger partial charge in [-0.2, -0.15) is 5.10 Å². The van der Waals surface area contributed by atoms with Gasteiger partial charge >= 0.3 is 6.09 Å². The number of carbonyl (C=O) groups is 1. The third-order valence-corrected chi connectivity index (χ3v) is 2.97. The molecule has 1 unspecified atom stereocenters. The van der Waals surface area contributed by atoms with E-state index in [2.05, 4.69) is 29.2 Å². The van der Waals surface area contributed by atoms with E-state index >= 15 is 0 Å². The van der Waals surface area contributed by atoms with Crippen LogP contribution in [0, 0.1) is 0 Å². The number of nitrogens with zero attached hydrogens (tertiary/aromatic N) is 2. The number of nitrogens with one attached hydrogen (secondary N) is 2. The predicted octanol–water partition coefficient (Wildman–Crippen LogP) is 2.77. The van der Waals surface area contributed by atoms with Crippen molar-refractivity contribution in [3.05, 3.63) is 24.5 Å². The first kappa shape index (κ1) is 18.2. The average molecular weight is 308 g/mol. The van der Waals surface area contributed by atoms with E-state index in [1.54, 1.807) is 17.1 Å². The van der Waals surface area contributed by atoms with Crippen LogP contribution in [0.2, 0.25) is 0 Å². The average Bonchev–Trinajstić information content (AvgIpc) is 2.88. The highest BCUT2D eigenvalue weighted by molar-refractivity contribution is 5.67. The van der Waals surface area contributed by atoms with E-state index in [0.717, 1.165) is 18.4 Å². The highest BCUT2D eigenvalue weighted by Crippen LogP contribution is 2.07. The van der Waals surface area contributed by atoms with Crippen molar-refractivity contribution in [2.24, 2.45) is 0 Å². The zero-order valence-corrected chi connectivity index (χ0v) is 14.1. The number of carbonyl (C=O) groups excluding carboxylic acids is 1. The first-order valence-corrected chi connectivity index (χ1v) is 7.70. The molecule has 1 atom stereocenters. The van der Waals surface area contributed by atoms with Gasteiger partial charge in [0, 0.05) is 37.1 Å². The molecule has 0 saturated carbocycles. The van der Waals surface area contributed by atoms with Crippen LogP contribution in [0.3, 0.4) is 0 Å². The third-order valence-electron chi connectivity index (χ3n) is 2.97. The highest BCUT2D eigenvalue weighted by atomic mass is 16.6. The second kappa shape index (κ2) is 8.58. The third kappa shape index (κ3) is 7.26. The Morgan fingerprint density at radius 3 is 2.82 bits per heavy atom. The van der Waals surface area contributed by atoms with Crippen molar-refractivity contribution in [1.29, 1.82) is 0 Å². The summed E-state index contributed by atoms with van der Waals surface area (Å²) >= 11 is 0. The molecule has 1 amide bonds. The molecule has 1 rings (SSSR count). The maximum absolute atomic E-state index is 11.7. The summed E-state index contributed by atoms with van der Waals surface area (Å²) in [5.41, 5.74) is 0.607. The molecule has 22 heavy (non-hydrogen) atoms. The minimum absolute atomic E-state index is 0.199. The number of amides is 1. The lowest BCUT2D eigenvalue weighted by Gasteiger charge is -2.22. The van der Waals surface area contributed by atoms with E-state index in [-0.39, 0.29) is 12.1 Å². The smallest absolute Gasteiger partial charge is 0.407 e. The quantitative estimate of drug-likeness (QED) is 0.775. The molecule has 0 aliphatic carbocycles. The summed E-state index contributed by atoms with van der Waals surface area (Å²) in [5.74, 6) is 0. The van der Waals surface area contributed by atoms with Gasteiger partial charge in [0.2, 0.25) is 0 Å². The van der Waals surface area contributed by atoms with Crippen molar-refractivity contribution in [1.82, 2.24) is 20.4 Å². The molecule has 1 aromatic rings. The Morgan fingerprint density at radius 1 is 1.55 bits per heavy atom. The summed E-state index contributed by atoms with van der Waals surface area (Å²) in [6, 6.07) is 0.199. The number of rotatable bonds is 8. The largest absolute Gasteiger partial charge is 0.444 e. The van der Waals surface area contributed by atoms with Gasteiger partial charge in [-0.1, -0.05) is 19.9 Å². The second-order valence-corrected chi connectivity index (χ2v) is 6.26. The lowest BCUT2D eigenvalue weighted by atomic mass is 10.1. The Kier molecular flexibility index (Phi) is 7.11. The van der Waals surface area contributed by atoms with Crippen LogP contribution in [0.5, 0.6) is 0 Å². The lowest BCUT2D eigenvalue weighted by Crippen LogP contribution is -2.42. The Morgan fingerprint density at radius 2 is 2.27 bits per heavy atom. The number of aromatic nitrogens is 2. The Bertz CT molecular complexity index is 477. The van der Waals surface area contributed by atoms with E-state index in [1.807, 2.05) is 27.0 Å². The molecule has 6 nitrogen and oxygen atoms in total. The molecular weight excluding hydrogens is 280 g/mol. The van der Waals surface area contributed by atoms with Crippen LogP contribution in [0.25, 0.3) is 6.20 Å². The predicted molar refractivity (Wildman–Crippen MR) is 88.4 cm³/mol. The fourth-order valence-corrected chi connectivity index (χ4v) is 1.98. The SMILES string of the molecule is C=Cn1cc(CNC(CCC)CNC(=O)OC(C)(C)C)cn1. The monoisotopic (exact) mass is 308 g/mol. The van der Waals surface area contributed by atoms with E-state index in [9.17, 15) is 4.79 Å². The molecule has 0 aliphatic rings. The van der Waals surface area contributed by atoms with Gasteiger partial charge in [0.25, 0.3) is 0 Å². The van der Waals surface area contributed by atoms with Gasteiger partial charge in [-0.15, -0.1) is 0 Å². The molecule has 0 bridgehead atoms. The fourth-order valence-electron chi connectivity index (χ4n) is 1.98. The van der Waals surface area contributed by atoms with Gasteiger partial charge in [-0.05, 0) is 27.2 Å². The van der Waals surface area contributed by atoms with Crippen LogP contribution >= 0.6 is 0 Å². The minimum Gasteiger partial charge on any atom is -0.444 e. The normalized spacial score (nSPS) is 12.7. The van der Waals surface area contributed by atoms with Gasteiger partial charge in [-0.3, -0.25) is 0 Å². The molecule has 0 aliphatic heterocycles. The van der Waals surface area contributed by atoms with Crippen molar-refractivity contribution in [2.45, 2.75) is 58.7 Å². The molecule has 2 N–H and O–H groups in total. The molecule has 1 heterocycles. The Balaban J connectivity index is 2.41. The van der Waals surface area contributed by atoms with E-state index in [0.29, 0.717) is 13.1 Å². The van der Waals surface area contributed by atoms with E-state index in [1.165, 1.54) is 0 Å². The molecule has 0 aromatic carbocycles. The number of hydrogen-bond acceptors (Lipinski definition) is 4. The molecular formula is C16H28N4O2. The lowest BCUT2D eigenvalue weighted by molar-refractivity contribution is 0.0521.